The van der Waals surface area contributed by atoms with Crippen LogP contribution in [0, 0.1) is 12.8 Å². The Balaban J connectivity index is 1.89. The summed E-state index contributed by atoms with van der Waals surface area (Å²) in [5.74, 6) is 2.09. The topological polar surface area (TPSA) is 88.2 Å². The Morgan fingerprint density at radius 1 is 1.22 bits per heavy atom. The number of pyridine rings is 1. The van der Waals surface area contributed by atoms with Crippen LogP contribution < -0.4 is 10.6 Å². The standard InChI is InChI=1S/C17H23N5O/c1-12-16(14-2-3-15(18)19-10-14)17(21-11-20-12)22-7-4-13(5-8-22)6-9-23/h2-3,10-11,13,23H,4-9H2,1H3,(H2,18,19). The first-order valence-corrected chi connectivity index (χ1v) is 8.08. The maximum absolute atomic E-state index is 9.10. The molecule has 0 amide bonds. The van der Waals surface area contributed by atoms with E-state index in [1.54, 1.807) is 18.6 Å². The van der Waals surface area contributed by atoms with E-state index >= 15 is 0 Å². The molecular formula is C17H23N5O. The average molecular weight is 313 g/mol. The predicted octanol–water partition coefficient (Wildman–Crippen LogP) is 2.03. The van der Waals surface area contributed by atoms with E-state index < -0.39 is 0 Å². The van der Waals surface area contributed by atoms with Crippen LogP contribution in [0.25, 0.3) is 11.1 Å². The van der Waals surface area contributed by atoms with Crippen molar-refractivity contribution >= 4 is 11.6 Å². The van der Waals surface area contributed by atoms with E-state index in [0.29, 0.717) is 11.7 Å². The summed E-state index contributed by atoms with van der Waals surface area (Å²) in [5, 5.41) is 9.10. The second-order valence-electron chi connectivity index (χ2n) is 6.07. The first-order chi connectivity index (χ1) is 11.2. The van der Waals surface area contributed by atoms with Gasteiger partial charge >= 0.3 is 0 Å². The summed E-state index contributed by atoms with van der Waals surface area (Å²) in [6.07, 6.45) is 6.47. The second kappa shape index (κ2) is 6.91. The predicted molar refractivity (Wildman–Crippen MR) is 91.1 cm³/mol. The number of aliphatic hydroxyl groups is 1. The first-order valence-electron chi connectivity index (χ1n) is 8.08. The monoisotopic (exact) mass is 313 g/mol. The number of anilines is 2. The van der Waals surface area contributed by atoms with Crippen molar-refractivity contribution in [2.24, 2.45) is 5.92 Å². The molecule has 0 aliphatic carbocycles. The second-order valence-corrected chi connectivity index (χ2v) is 6.07. The van der Waals surface area contributed by atoms with Gasteiger partial charge in [0.15, 0.2) is 0 Å². The van der Waals surface area contributed by atoms with E-state index in [-0.39, 0.29) is 6.61 Å². The van der Waals surface area contributed by atoms with Gasteiger partial charge in [0.2, 0.25) is 0 Å². The molecule has 0 aromatic carbocycles. The van der Waals surface area contributed by atoms with Crippen LogP contribution in [0.3, 0.4) is 0 Å². The van der Waals surface area contributed by atoms with Gasteiger partial charge in [-0.3, -0.25) is 0 Å². The summed E-state index contributed by atoms with van der Waals surface area (Å²) >= 11 is 0. The number of nitrogen functional groups attached to an aromatic ring is 1. The van der Waals surface area contributed by atoms with Crippen LogP contribution in [-0.2, 0) is 0 Å². The molecule has 2 aromatic heterocycles. The summed E-state index contributed by atoms with van der Waals surface area (Å²) in [6.45, 7) is 4.18. The van der Waals surface area contributed by atoms with Gasteiger partial charge in [0.25, 0.3) is 0 Å². The van der Waals surface area contributed by atoms with Gasteiger partial charge < -0.3 is 15.7 Å². The van der Waals surface area contributed by atoms with Gasteiger partial charge in [-0.05, 0) is 44.2 Å². The van der Waals surface area contributed by atoms with Crippen LogP contribution in [0.5, 0.6) is 0 Å². The van der Waals surface area contributed by atoms with Crippen molar-refractivity contribution in [1.82, 2.24) is 15.0 Å². The van der Waals surface area contributed by atoms with E-state index in [2.05, 4.69) is 19.9 Å². The summed E-state index contributed by atoms with van der Waals surface area (Å²) < 4.78 is 0. The number of aliphatic hydroxyl groups excluding tert-OH is 1. The minimum Gasteiger partial charge on any atom is -0.396 e. The molecule has 6 heteroatoms. The lowest BCUT2D eigenvalue weighted by Gasteiger charge is -2.33. The number of hydrogen-bond acceptors (Lipinski definition) is 6. The normalized spacial score (nSPS) is 15.8. The Morgan fingerprint density at radius 3 is 2.65 bits per heavy atom. The van der Waals surface area contributed by atoms with Crippen molar-refractivity contribution in [3.63, 3.8) is 0 Å². The van der Waals surface area contributed by atoms with E-state index in [0.717, 1.165) is 55.0 Å². The highest BCUT2D eigenvalue weighted by Crippen LogP contribution is 2.33. The largest absolute Gasteiger partial charge is 0.396 e. The Labute approximate surface area is 136 Å². The van der Waals surface area contributed by atoms with Crippen molar-refractivity contribution in [2.45, 2.75) is 26.2 Å². The zero-order valence-corrected chi connectivity index (χ0v) is 13.4. The molecule has 23 heavy (non-hydrogen) atoms. The average Bonchev–Trinajstić information content (AvgIpc) is 2.57. The molecule has 6 nitrogen and oxygen atoms in total. The minimum absolute atomic E-state index is 0.277. The molecule has 1 aliphatic heterocycles. The molecule has 1 fully saturated rings. The number of hydrogen-bond donors (Lipinski definition) is 2. The number of nitrogens with zero attached hydrogens (tertiary/aromatic N) is 4. The molecule has 3 heterocycles. The van der Waals surface area contributed by atoms with E-state index in [1.807, 2.05) is 13.0 Å². The molecule has 0 atom stereocenters. The maximum atomic E-state index is 9.10. The molecule has 0 bridgehead atoms. The number of rotatable bonds is 4. The number of nitrogens with two attached hydrogens (primary N) is 1. The van der Waals surface area contributed by atoms with Gasteiger partial charge in [0.05, 0.1) is 5.69 Å². The van der Waals surface area contributed by atoms with Gasteiger partial charge in [-0.15, -0.1) is 0 Å². The summed E-state index contributed by atoms with van der Waals surface area (Å²) in [5.41, 5.74) is 8.66. The number of aryl methyl sites for hydroxylation is 1. The molecule has 1 aliphatic rings. The molecule has 3 N–H and O–H groups in total. The zero-order valence-electron chi connectivity index (χ0n) is 13.4. The van der Waals surface area contributed by atoms with Crippen LogP contribution in [0.4, 0.5) is 11.6 Å². The SMILES string of the molecule is Cc1ncnc(N2CCC(CCO)CC2)c1-c1ccc(N)nc1. The number of aromatic nitrogens is 3. The molecule has 1 saturated heterocycles. The third-order valence-electron chi connectivity index (χ3n) is 4.54. The highest BCUT2D eigenvalue weighted by atomic mass is 16.3. The molecule has 3 rings (SSSR count). The van der Waals surface area contributed by atoms with Crippen LogP contribution in [0.1, 0.15) is 25.0 Å². The van der Waals surface area contributed by atoms with Crippen molar-refractivity contribution in [3.05, 3.63) is 30.4 Å². The van der Waals surface area contributed by atoms with Crippen LogP contribution >= 0.6 is 0 Å². The molecule has 0 unspecified atom stereocenters. The fraction of sp³-hybridized carbons (Fsp3) is 0.471. The van der Waals surface area contributed by atoms with E-state index in [4.69, 9.17) is 10.8 Å². The molecule has 122 valence electrons. The summed E-state index contributed by atoms with van der Waals surface area (Å²) in [7, 11) is 0. The Kier molecular flexibility index (Phi) is 4.71. The van der Waals surface area contributed by atoms with Crippen molar-refractivity contribution in [1.29, 1.82) is 0 Å². The molecular weight excluding hydrogens is 290 g/mol. The minimum atomic E-state index is 0.277. The quantitative estimate of drug-likeness (QED) is 0.898. The molecule has 0 radical (unpaired) electrons. The first kappa shape index (κ1) is 15.7. The van der Waals surface area contributed by atoms with Crippen molar-refractivity contribution in [3.8, 4) is 11.1 Å². The van der Waals surface area contributed by atoms with Gasteiger partial charge in [-0.25, -0.2) is 15.0 Å². The van der Waals surface area contributed by atoms with Crippen molar-refractivity contribution < 1.29 is 5.11 Å². The van der Waals surface area contributed by atoms with Gasteiger partial charge in [-0.1, -0.05) is 0 Å². The molecule has 0 spiro atoms. The van der Waals surface area contributed by atoms with E-state index in [1.165, 1.54) is 0 Å². The van der Waals surface area contributed by atoms with Gasteiger partial charge in [0, 0.05) is 37.0 Å². The Hall–Kier alpha value is -2.21. The number of piperidine rings is 1. The van der Waals surface area contributed by atoms with E-state index in [9.17, 15) is 0 Å². The lowest BCUT2D eigenvalue weighted by molar-refractivity contribution is 0.240. The fourth-order valence-corrected chi connectivity index (χ4v) is 3.21. The molecule has 2 aromatic rings. The van der Waals surface area contributed by atoms with Crippen molar-refractivity contribution in [2.75, 3.05) is 30.3 Å². The van der Waals surface area contributed by atoms with Gasteiger partial charge in [0.1, 0.15) is 18.0 Å². The van der Waals surface area contributed by atoms with Crippen LogP contribution in [0.15, 0.2) is 24.7 Å². The highest BCUT2D eigenvalue weighted by Gasteiger charge is 2.23. The van der Waals surface area contributed by atoms with Crippen LogP contribution in [0.2, 0.25) is 0 Å². The highest BCUT2D eigenvalue weighted by molar-refractivity contribution is 5.77. The third-order valence-corrected chi connectivity index (χ3v) is 4.54. The molecule has 0 saturated carbocycles. The maximum Gasteiger partial charge on any atom is 0.140 e. The lowest BCUT2D eigenvalue weighted by Crippen LogP contribution is -2.35. The Morgan fingerprint density at radius 2 is 2.00 bits per heavy atom. The fourth-order valence-electron chi connectivity index (χ4n) is 3.21. The zero-order chi connectivity index (χ0) is 16.2. The summed E-state index contributed by atoms with van der Waals surface area (Å²) in [4.78, 5) is 15.4. The van der Waals surface area contributed by atoms with Gasteiger partial charge in [-0.2, -0.15) is 0 Å². The lowest BCUT2D eigenvalue weighted by atomic mass is 9.93. The Bertz CT molecular complexity index is 651. The third kappa shape index (κ3) is 3.42. The van der Waals surface area contributed by atoms with Crippen LogP contribution in [-0.4, -0.2) is 39.8 Å². The summed E-state index contributed by atoms with van der Waals surface area (Å²) in [6, 6.07) is 3.77. The smallest absolute Gasteiger partial charge is 0.140 e.